The molecule has 1 aliphatic rings. The van der Waals surface area contributed by atoms with Gasteiger partial charge in [-0.3, -0.25) is 4.79 Å². The molecule has 0 radical (unpaired) electrons. The normalized spacial score (nSPS) is 12.4. The number of hydrogen-bond acceptors (Lipinski definition) is 6. The molecular formula is C26H31N3O5S. The van der Waals surface area contributed by atoms with E-state index >= 15 is 0 Å². The van der Waals surface area contributed by atoms with Crippen molar-refractivity contribution in [1.82, 2.24) is 15.2 Å². The van der Waals surface area contributed by atoms with Gasteiger partial charge < -0.3 is 34.1 Å². The minimum Gasteiger partial charge on any atom is -0.497 e. The van der Waals surface area contributed by atoms with E-state index < -0.39 is 0 Å². The third-order valence-corrected chi connectivity index (χ3v) is 6.11. The molecule has 186 valence electrons. The van der Waals surface area contributed by atoms with E-state index in [2.05, 4.69) is 10.3 Å². The number of thiocarbonyl (C=S) groups is 1. The van der Waals surface area contributed by atoms with Gasteiger partial charge >= 0.3 is 0 Å². The molecule has 35 heavy (non-hydrogen) atoms. The molecule has 0 saturated carbocycles. The molecule has 1 aliphatic heterocycles. The van der Waals surface area contributed by atoms with Crippen LogP contribution in [0.25, 0.3) is 10.9 Å². The number of nitrogens with zero attached hydrogens (tertiary/aromatic N) is 1. The molecule has 0 bridgehead atoms. The lowest BCUT2D eigenvalue weighted by atomic mass is 10.1. The fourth-order valence-electron chi connectivity index (χ4n) is 3.89. The van der Waals surface area contributed by atoms with Crippen molar-refractivity contribution in [3.8, 4) is 17.2 Å². The Balaban J connectivity index is 1.56. The van der Waals surface area contributed by atoms with Crippen LogP contribution >= 0.6 is 12.2 Å². The summed E-state index contributed by atoms with van der Waals surface area (Å²) in [5, 5.41) is 4.77. The summed E-state index contributed by atoms with van der Waals surface area (Å²) in [6, 6.07) is 13.4. The number of methoxy groups -OCH3 is 1. The number of nitrogens with one attached hydrogen (secondary N) is 2. The van der Waals surface area contributed by atoms with Crippen LogP contribution in [0.1, 0.15) is 24.5 Å². The maximum absolute atomic E-state index is 13.0. The van der Waals surface area contributed by atoms with Crippen molar-refractivity contribution in [2.24, 2.45) is 0 Å². The van der Waals surface area contributed by atoms with Crippen molar-refractivity contribution in [2.75, 3.05) is 40.1 Å². The lowest BCUT2D eigenvalue weighted by Gasteiger charge is -2.26. The highest BCUT2D eigenvalue weighted by molar-refractivity contribution is 7.80. The summed E-state index contributed by atoms with van der Waals surface area (Å²) in [6.45, 7) is 5.93. The molecule has 4 rings (SSSR count). The Morgan fingerprint density at radius 3 is 2.57 bits per heavy atom. The van der Waals surface area contributed by atoms with Gasteiger partial charge in [0.25, 0.3) is 5.56 Å². The van der Waals surface area contributed by atoms with E-state index in [1.54, 1.807) is 7.11 Å². The fraction of sp³-hybridized carbons (Fsp3) is 0.385. The second kappa shape index (κ2) is 11.9. The first-order valence-electron chi connectivity index (χ1n) is 11.8. The summed E-state index contributed by atoms with van der Waals surface area (Å²) in [6.07, 6.45) is 0.841. The lowest BCUT2D eigenvalue weighted by molar-refractivity contribution is 0.145. The topological polar surface area (TPSA) is 85.1 Å². The monoisotopic (exact) mass is 497 g/mol. The van der Waals surface area contributed by atoms with Gasteiger partial charge in [-0.1, -0.05) is 12.1 Å². The number of rotatable bonds is 10. The van der Waals surface area contributed by atoms with E-state index in [0.29, 0.717) is 73.8 Å². The molecule has 0 saturated heterocycles. The van der Waals surface area contributed by atoms with E-state index in [4.69, 9.17) is 31.2 Å². The molecule has 2 N–H and O–H groups in total. The van der Waals surface area contributed by atoms with Gasteiger partial charge in [-0.05, 0) is 55.4 Å². The second-order valence-electron chi connectivity index (χ2n) is 8.19. The van der Waals surface area contributed by atoms with Gasteiger partial charge in [0.2, 0.25) is 0 Å². The van der Waals surface area contributed by atoms with Crippen LogP contribution in [-0.4, -0.2) is 55.1 Å². The first-order chi connectivity index (χ1) is 17.1. The fourth-order valence-corrected chi connectivity index (χ4v) is 4.12. The molecule has 1 aromatic heterocycles. The second-order valence-corrected chi connectivity index (χ2v) is 8.58. The van der Waals surface area contributed by atoms with Gasteiger partial charge in [0, 0.05) is 43.3 Å². The van der Waals surface area contributed by atoms with Crippen molar-refractivity contribution in [3.63, 3.8) is 0 Å². The molecule has 0 fully saturated rings. The molecule has 0 unspecified atom stereocenters. The molecular weight excluding hydrogens is 466 g/mol. The predicted molar refractivity (Wildman–Crippen MR) is 140 cm³/mol. The SMILES string of the molecule is CCOCCCNC(=S)N(Cc1ccc(OC)cc1)Cc1cc2cc3c(cc2[nH]c1=O)OCCO3. The molecule has 3 aromatic rings. The minimum absolute atomic E-state index is 0.159. The summed E-state index contributed by atoms with van der Waals surface area (Å²) in [5.74, 6) is 2.12. The van der Waals surface area contributed by atoms with E-state index in [1.165, 1.54) is 0 Å². The van der Waals surface area contributed by atoms with Crippen LogP contribution in [0.4, 0.5) is 0 Å². The quantitative estimate of drug-likeness (QED) is 0.325. The molecule has 8 nitrogen and oxygen atoms in total. The highest BCUT2D eigenvalue weighted by Gasteiger charge is 2.17. The highest BCUT2D eigenvalue weighted by atomic mass is 32.1. The number of aromatic amines is 1. The molecule has 9 heteroatoms. The van der Waals surface area contributed by atoms with Crippen molar-refractivity contribution < 1.29 is 18.9 Å². The van der Waals surface area contributed by atoms with Crippen LogP contribution in [0, 0.1) is 0 Å². The van der Waals surface area contributed by atoms with Crippen LogP contribution in [0.2, 0.25) is 0 Å². The Morgan fingerprint density at radius 2 is 1.86 bits per heavy atom. The summed E-state index contributed by atoms with van der Waals surface area (Å²) < 4.78 is 22.0. The predicted octanol–water partition coefficient (Wildman–Crippen LogP) is 3.61. The summed E-state index contributed by atoms with van der Waals surface area (Å²) >= 11 is 5.72. The number of pyridine rings is 1. The van der Waals surface area contributed by atoms with Crippen LogP contribution in [0.15, 0.2) is 47.3 Å². The largest absolute Gasteiger partial charge is 0.497 e. The summed E-state index contributed by atoms with van der Waals surface area (Å²) in [7, 11) is 1.64. The minimum atomic E-state index is -0.159. The van der Waals surface area contributed by atoms with Gasteiger partial charge in [-0.25, -0.2) is 0 Å². The number of fused-ring (bicyclic) bond motifs is 2. The first-order valence-corrected chi connectivity index (χ1v) is 12.2. The number of H-pyrrole nitrogens is 1. The van der Waals surface area contributed by atoms with Gasteiger partial charge in [0.05, 0.1) is 19.2 Å². The highest BCUT2D eigenvalue weighted by Crippen LogP contribution is 2.33. The Bertz CT molecular complexity index is 1210. The molecule has 0 amide bonds. The van der Waals surface area contributed by atoms with E-state index in [-0.39, 0.29) is 5.56 Å². The zero-order chi connectivity index (χ0) is 24.6. The van der Waals surface area contributed by atoms with Gasteiger partial charge in [-0.2, -0.15) is 0 Å². The number of benzene rings is 2. The van der Waals surface area contributed by atoms with Crippen LogP contribution in [0.3, 0.4) is 0 Å². The lowest BCUT2D eigenvalue weighted by Crippen LogP contribution is -2.40. The third kappa shape index (κ3) is 6.43. The van der Waals surface area contributed by atoms with Crippen LogP contribution < -0.4 is 25.1 Å². The van der Waals surface area contributed by atoms with Crippen molar-refractivity contribution in [3.05, 3.63) is 63.9 Å². The summed E-state index contributed by atoms with van der Waals surface area (Å²) in [4.78, 5) is 18.0. The molecule has 0 aliphatic carbocycles. The first kappa shape index (κ1) is 24.8. The Morgan fingerprint density at radius 1 is 1.11 bits per heavy atom. The Hall–Kier alpha value is -3.30. The summed E-state index contributed by atoms with van der Waals surface area (Å²) in [5.41, 5.74) is 2.22. The van der Waals surface area contributed by atoms with E-state index in [1.807, 2.05) is 54.3 Å². The Labute approximate surface area is 210 Å². The van der Waals surface area contributed by atoms with E-state index in [9.17, 15) is 4.79 Å². The van der Waals surface area contributed by atoms with Crippen LogP contribution in [0.5, 0.6) is 17.2 Å². The van der Waals surface area contributed by atoms with Crippen molar-refractivity contribution >= 4 is 28.2 Å². The van der Waals surface area contributed by atoms with Gasteiger partial charge in [0.15, 0.2) is 16.6 Å². The van der Waals surface area contributed by atoms with Crippen molar-refractivity contribution in [2.45, 2.75) is 26.4 Å². The van der Waals surface area contributed by atoms with Gasteiger partial charge in [-0.15, -0.1) is 0 Å². The molecule has 0 atom stereocenters. The smallest absolute Gasteiger partial charge is 0.253 e. The maximum atomic E-state index is 13.0. The van der Waals surface area contributed by atoms with Crippen molar-refractivity contribution in [1.29, 1.82) is 0 Å². The van der Waals surface area contributed by atoms with E-state index in [0.717, 1.165) is 23.1 Å². The number of hydrogen-bond donors (Lipinski definition) is 2. The molecule has 2 heterocycles. The Kier molecular flexibility index (Phi) is 8.44. The average molecular weight is 498 g/mol. The maximum Gasteiger partial charge on any atom is 0.253 e. The average Bonchev–Trinajstić information content (AvgIpc) is 2.87. The number of ether oxygens (including phenoxy) is 4. The molecule has 0 spiro atoms. The standard InChI is InChI=1S/C26H31N3O5S/c1-3-32-10-4-9-27-26(35)29(16-18-5-7-21(31-2)8-6-18)17-20-13-19-14-23-24(34-12-11-33-23)15-22(19)28-25(20)30/h5-8,13-15H,3-4,9-12,16-17H2,1-2H3,(H,27,35)(H,28,30). The van der Waals surface area contributed by atoms with Crippen LogP contribution in [-0.2, 0) is 17.8 Å². The zero-order valence-electron chi connectivity index (χ0n) is 20.1. The van der Waals surface area contributed by atoms with Gasteiger partial charge in [0.1, 0.15) is 19.0 Å². The zero-order valence-corrected chi connectivity index (χ0v) is 20.9. The number of aromatic nitrogens is 1. The third-order valence-electron chi connectivity index (χ3n) is 5.71. The molecule has 2 aromatic carbocycles.